The number of hydrogen-bond acceptors (Lipinski definition) is 3. The van der Waals surface area contributed by atoms with E-state index in [2.05, 4.69) is 6.08 Å². The fourth-order valence-corrected chi connectivity index (χ4v) is 3.79. The second kappa shape index (κ2) is 3.56. The highest BCUT2D eigenvalue weighted by molar-refractivity contribution is 6.17. The highest BCUT2D eigenvalue weighted by atomic mass is 16.5. The van der Waals surface area contributed by atoms with Crippen LogP contribution in [0.2, 0.25) is 0 Å². The van der Waals surface area contributed by atoms with E-state index in [0.717, 1.165) is 12.8 Å². The number of ether oxygens (including phenoxy) is 1. The molecular formula is C16H14O3. The van der Waals surface area contributed by atoms with E-state index in [9.17, 15) is 9.59 Å². The highest BCUT2D eigenvalue weighted by Crippen LogP contribution is 2.53. The summed E-state index contributed by atoms with van der Waals surface area (Å²) >= 11 is 0. The summed E-state index contributed by atoms with van der Waals surface area (Å²) in [4.78, 5) is 25.3. The standard InChI is InChI=1S/C16H14O3/c17-14-12-3-1-2-4-13(12)19-15(18)16(14)9-10-5-7-11(16)8-6-10/h1-5,7,10-11H,6,8-9H2/t10-,11+,16-/m1/s1. The lowest BCUT2D eigenvalue weighted by atomic mass is 9.56. The van der Waals surface area contributed by atoms with Crippen molar-refractivity contribution in [1.82, 2.24) is 0 Å². The van der Waals surface area contributed by atoms with Crippen LogP contribution in [-0.4, -0.2) is 11.8 Å². The number of Topliss-reactive ketones (excluding diaryl/α,β-unsaturated/α-hetero) is 1. The van der Waals surface area contributed by atoms with Crippen molar-refractivity contribution in [3.05, 3.63) is 42.0 Å². The van der Waals surface area contributed by atoms with Gasteiger partial charge in [0, 0.05) is 5.92 Å². The van der Waals surface area contributed by atoms with E-state index in [1.165, 1.54) is 0 Å². The van der Waals surface area contributed by atoms with Crippen LogP contribution in [0.3, 0.4) is 0 Å². The quantitative estimate of drug-likeness (QED) is 0.309. The third-order valence-corrected chi connectivity index (χ3v) is 4.78. The molecule has 0 N–H and O–H groups in total. The van der Waals surface area contributed by atoms with E-state index >= 15 is 0 Å². The van der Waals surface area contributed by atoms with Crippen molar-refractivity contribution in [3.8, 4) is 5.75 Å². The van der Waals surface area contributed by atoms with Crippen molar-refractivity contribution in [1.29, 1.82) is 0 Å². The molecule has 4 aliphatic rings. The predicted molar refractivity (Wildman–Crippen MR) is 68.8 cm³/mol. The highest BCUT2D eigenvalue weighted by Gasteiger charge is 2.59. The summed E-state index contributed by atoms with van der Waals surface area (Å²) in [5.74, 6) is 0.361. The van der Waals surface area contributed by atoms with Gasteiger partial charge in [-0.2, -0.15) is 0 Å². The van der Waals surface area contributed by atoms with Crippen LogP contribution in [0.15, 0.2) is 36.4 Å². The molecule has 1 aromatic rings. The minimum Gasteiger partial charge on any atom is -0.425 e. The number of carbonyl (C=O) groups is 2. The topological polar surface area (TPSA) is 43.4 Å². The van der Waals surface area contributed by atoms with Gasteiger partial charge in [0.05, 0.1) is 5.56 Å². The lowest BCUT2D eigenvalue weighted by molar-refractivity contribution is -0.149. The number of fused-ring (bicyclic) bond motifs is 2. The third kappa shape index (κ3) is 1.28. The minimum absolute atomic E-state index is 0.00542. The Morgan fingerprint density at radius 2 is 1.95 bits per heavy atom. The molecule has 3 nitrogen and oxygen atoms in total. The van der Waals surface area contributed by atoms with Gasteiger partial charge in [0.25, 0.3) is 0 Å². The van der Waals surface area contributed by atoms with Crippen molar-refractivity contribution in [2.75, 3.05) is 0 Å². The van der Waals surface area contributed by atoms with Gasteiger partial charge >= 0.3 is 5.97 Å². The summed E-state index contributed by atoms with van der Waals surface area (Å²) in [6.45, 7) is 0. The second-order valence-corrected chi connectivity index (χ2v) is 5.72. The first-order valence-electron chi connectivity index (χ1n) is 6.76. The van der Waals surface area contributed by atoms with Crippen LogP contribution in [0.25, 0.3) is 0 Å². The van der Waals surface area contributed by atoms with Gasteiger partial charge in [-0.05, 0) is 37.3 Å². The molecule has 0 aromatic heterocycles. The summed E-state index contributed by atoms with van der Waals surface area (Å²) in [6, 6.07) is 7.05. The number of para-hydroxylation sites is 1. The molecule has 1 fully saturated rings. The van der Waals surface area contributed by atoms with Crippen molar-refractivity contribution >= 4 is 11.8 Å². The lowest BCUT2D eigenvalue weighted by Gasteiger charge is -2.47. The molecule has 96 valence electrons. The van der Waals surface area contributed by atoms with E-state index in [1.54, 1.807) is 18.2 Å². The van der Waals surface area contributed by atoms with Crippen LogP contribution in [-0.2, 0) is 4.79 Å². The van der Waals surface area contributed by atoms with Crippen LogP contribution >= 0.6 is 0 Å². The van der Waals surface area contributed by atoms with Crippen LogP contribution in [0.1, 0.15) is 29.6 Å². The van der Waals surface area contributed by atoms with Crippen LogP contribution in [0.4, 0.5) is 0 Å². The van der Waals surface area contributed by atoms with Gasteiger partial charge in [-0.25, -0.2) is 0 Å². The van der Waals surface area contributed by atoms with E-state index in [0.29, 0.717) is 23.7 Å². The first-order chi connectivity index (χ1) is 9.22. The first-order valence-corrected chi connectivity index (χ1v) is 6.76. The molecule has 3 aliphatic carbocycles. The molecule has 19 heavy (non-hydrogen) atoms. The summed E-state index contributed by atoms with van der Waals surface area (Å²) in [5.41, 5.74) is -0.394. The minimum atomic E-state index is -0.952. The third-order valence-electron chi connectivity index (χ3n) is 4.78. The Morgan fingerprint density at radius 1 is 1.11 bits per heavy atom. The molecule has 0 amide bonds. The molecule has 1 aromatic carbocycles. The first kappa shape index (κ1) is 11.0. The van der Waals surface area contributed by atoms with Gasteiger partial charge < -0.3 is 4.74 Å². The average Bonchev–Trinajstić information content (AvgIpc) is 2.47. The predicted octanol–water partition coefficient (Wildman–Crippen LogP) is 2.76. The summed E-state index contributed by atoms with van der Waals surface area (Å²) < 4.78 is 5.45. The van der Waals surface area contributed by atoms with E-state index < -0.39 is 5.41 Å². The molecule has 0 unspecified atom stereocenters. The molecule has 1 spiro atoms. The number of ketones is 1. The zero-order valence-electron chi connectivity index (χ0n) is 10.5. The number of esters is 1. The molecule has 1 saturated carbocycles. The molecular weight excluding hydrogens is 240 g/mol. The Balaban J connectivity index is 1.89. The molecule has 5 rings (SSSR count). The van der Waals surface area contributed by atoms with Crippen molar-refractivity contribution < 1.29 is 14.3 Å². The number of hydrogen-bond donors (Lipinski definition) is 0. The average molecular weight is 254 g/mol. The molecule has 0 radical (unpaired) electrons. The SMILES string of the molecule is O=C1Oc2ccccc2C(=O)[C@]12C[C@@H]1C=C[C@H]2CC1. The maximum Gasteiger partial charge on any atom is 0.326 e. The molecule has 1 aliphatic heterocycles. The lowest BCUT2D eigenvalue weighted by Crippen LogP contribution is -2.54. The zero-order chi connectivity index (χ0) is 13.0. The normalized spacial score (nSPS) is 35.4. The maximum atomic E-state index is 12.9. The van der Waals surface area contributed by atoms with Gasteiger partial charge in [0.2, 0.25) is 0 Å². The second-order valence-electron chi connectivity index (χ2n) is 5.72. The van der Waals surface area contributed by atoms with E-state index in [-0.39, 0.29) is 17.7 Å². The van der Waals surface area contributed by atoms with Crippen molar-refractivity contribution in [2.45, 2.75) is 19.3 Å². The molecule has 1 heterocycles. The van der Waals surface area contributed by atoms with Gasteiger partial charge in [0.15, 0.2) is 5.78 Å². The molecule has 0 saturated heterocycles. The molecule has 3 heteroatoms. The van der Waals surface area contributed by atoms with E-state index in [1.807, 2.05) is 12.1 Å². The maximum absolute atomic E-state index is 12.9. The number of rotatable bonds is 0. The number of benzene rings is 1. The number of allylic oxidation sites excluding steroid dienone is 2. The zero-order valence-corrected chi connectivity index (χ0v) is 10.5. The summed E-state index contributed by atoms with van der Waals surface area (Å²) in [5, 5.41) is 0. The van der Waals surface area contributed by atoms with Crippen molar-refractivity contribution in [3.63, 3.8) is 0 Å². The Bertz CT molecular complexity index is 616. The van der Waals surface area contributed by atoms with Gasteiger partial charge in [-0.1, -0.05) is 24.3 Å². The van der Waals surface area contributed by atoms with Crippen LogP contribution in [0.5, 0.6) is 5.75 Å². The Kier molecular flexibility index (Phi) is 2.06. The fourth-order valence-electron chi connectivity index (χ4n) is 3.79. The fraction of sp³-hybridized carbons (Fsp3) is 0.375. The smallest absolute Gasteiger partial charge is 0.326 e. The van der Waals surface area contributed by atoms with Crippen molar-refractivity contribution in [2.24, 2.45) is 17.3 Å². The molecule has 2 bridgehead atoms. The molecule has 3 atom stereocenters. The van der Waals surface area contributed by atoms with Crippen LogP contribution < -0.4 is 4.74 Å². The Morgan fingerprint density at radius 3 is 2.63 bits per heavy atom. The Labute approximate surface area is 111 Å². The van der Waals surface area contributed by atoms with Gasteiger partial charge in [-0.3, -0.25) is 9.59 Å². The van der Waals surface area contributed by atoms with Crippen LogP contribution in [0, 0.1) is 17.3 Å². The number of carbonyl (C=O) groups excluding carboxylic acids is 2. The summed E-state index contributed by atoms with van der Waals surface area (Å²) in [7, 11) is 0. The van der Waals surface area contributed by atoms with Gasteiger partial charge in [-0.15, -0.1) is 0 Å². The van der Waals surface area contributed by atoms with Gasteiger partial charge in [0.1, 0.15) is 11.2 Å². The monoisotopic (exact) mass is 254 g/mol. The Hall–Kier alpha value is -1.90. The van der Waals surface area contributed by atoms with E-state index in [4.69, 9.17) is 4.74 Å². The summed E-state index contributed by atoms with van der Waals surface area (Å²) in [6.07, 6.45) is 6.79. The largest absolute Gasteiger partial charge is 0.425 e.